The molecule has 23 heavy (non-hydrogen) atoms. The summed E-state index contributed by atoms with van der Waals surface area (Å²) in [5.41, 5.74) is 1.26. The molecule has 0 fully saturated rings. The van der Waals surface area contributed by atoms with Crippen molar-refractivity contribution in [2.75, 3.05) is 0 Å². The van der Waals surface area contributed by atoms with Gasteiger partial charge in [-0.1, -0.05) is 48.7 Å². The highest BCUT2D eigenvalue weighted by Crippen LogP contribution is 2.37. The summed E-state index contributed by atoms with van der Waals surface area (Å²) in [6.07, 6.45) is -0.183. The van der Waals surface area contributed by atoms with Gasteiger partial charge in [0.15, 0.2) is 10.9 Å². The second-order valence-electron chi connectivity index (χ2n) is 5.14. The minimum atomic E-state index is -0.976. The summed E-state index contributed by atoms with van der Waals surface area (Å²) in [7, 11) is 0. The Morgan fingerprint density at radius 3 is 2.30 bits per heavy atom. The monoisotopic (exact) mass is 374 g/mol. The van der Waals surface area contributed by atoms with Gasteiger partial charge in [0.05, 0.1) is 16.5 Å². The quantitative estimate of drug-likeness (QED) is 0.798. The number of ether oxygens (including phenoxy) is 1. The topological polar surface area (TPSA) is 72.3 Å². The molecule has 0 aliphatic carbocycles. The molecule has 0 amide bonds. The van der Waals surface area contributed by atoms with E-state index in [4.69, 9.17) is 44.6 Å². The number of carboxylic acid groups (broad SMARTS) is 1. The van der Waals surface area contributed by atoms with Crippen LogP contribution in [0.3, 0.4) is 0 Å². The lowest BCUT2D eigenvalue weighted by molar-refractivity contribution is -0.136. The minimum Gasteiger partial charge on any atom is -0.481 e. The van der Waals surface area contributed by atoms with E-state index >= 15 is 0 Å². The van der Waals surface area contributed by atoms with Crippen LogP contribution in [0.4, 0.5) is 0 Å². The third-order valence-corrected chi connectivity index (χ3v) is 3.85. The molecule has 122 valence electrons. The van der Waals surface area contributed by atoms with E-state index in [1.165, 1.54) is 12.1 Å². The molecule has 0 atom stereocenters. The lowest BCUT2D eigenvalue weighted by Crippen LogP contribution is -2.01. The molecule has 0 aliphatic heterocycles. The number of benzene rings is 1. The molecule has 5 nitrogen and oxygen atoms in total. The molecular weight excluding hydrogens is 363 g/mol. The van der Waals surface area contributed by atoms with Crippen molar-refractivity contribution < 1.29 is 14.6 Å². The second kappa shape index (κ2) is 7.34. The Morgan fingerprint density at radius 1 is 1.17 bits per heavy atom. The molecule has 1 heterocycles. The molecule has 1 N–H and O–H groups in total. The number of nitrogens with zero attached hydrogens (tertiary/aromatic N) is 2. The average Bonchev–Trinajstić information content (AvgIpc) is 2.43. The van der Waals surface area contributed by atoms with E-state index in [2.05, 4.69) is 10.2 Å². The molecule has 0 aliphatic rings. The standard InChI is InChI=1S/C15H13Cl3N2O3/c1-7(2)9-6-12(19-20-15(9)18)23-14-10(16)3-8(4-11(14)17)5-13(21)22/h3-4,6-7H,5H2,1-2H3,(H,21,22). The highest BCUT2D eigenvalue weighted by atomic mass is 35.5. The van der Waals surface area contributed by atoms with Crippen molar-refractivity contribution in [3.8, 4) is 11.6 Å². The Labute approximate surface area is 148 Å². The van der Waals surface area contributed by atoms with Crippen molar-refractivity contribution in [1.82, 2.24) is 10.2 Å². The summed E-state index contributed by atoms with van der Waals surface area (Å²) in [5.74, 6) is -0.443. The van der Waals surface area contributed by atoms with Gasteiger partial charge in [-0.2, -0.15) is 0 Å². The van der Waals surface area contributed by atoms with Crippen molar-refractivity contribution >= 4 is 40.8 Å². The van der Waals surface area contributed by atoms with Crippen LogP contribution in [-0.4, -0.2) is 21.3 Å². The third-order valence-electron chi connectivity index (χ3n) is 3.00. The van der Waals surface area contributed by atoms with Crippen molar-refractivity contribution in [1.29, 1.82) is 0 Å². The number of hydrogen-bond acceptors (Lipinski definition) is 4. The van der Waals surface area contributed by atoms with Gasteiger partial charge in [-0.3, -0.25) is 4.79 Å². The first-order valence-corrected chi connectivity index (χ1v) is 7.82. The number of aliphatic carboxylic acids is 1. The summed E-state index contributed by atoms with van der Waals surface area (Å²) in [6.45, 7) is 3.93. The Kier molecular flexibility index (Phi) is 5.68. The zero-order valence-electron chi connectivity index (χ0n) is 12.3. The smallest absolute Gasteiger partial charge is 0.307 e. The van der Waals surface area contributed by atoms with Crippen LogP contribution >= 0.6 is 34.8 Å². The van der Waals surface area contributed by atoms with Crippen LogP contribution in [0.5, 0.6) is 11.6 Å². The van der Waals surface area contributed by atoms with Gasteiger partial charge in [0.2, 0.25) is 5.88 Å². The second-order valence-corrected chi connectivity index (χ2v) is 6.32. The van der Waals surface area contributed by atoms with Crippen LogP contribution in [-0.2, 0) is 11.2 Å². The highest BCUT2D eigenvalue weighted by Gasteiger charge is 2.15. The summed E-state index contributed by atoms with van der Waals surface area (Å²) in [6, 6.07) is 4.64. The Bertz CT molecular complexity index is 728. The van der Waals surface area contributed by atoms with Crippen LogP contribution in [0.2, 0.25) is 15.2 Å². The fraction of sp³-hybridized carbons (Fsp3) is 0.267. The van der Waals surface area contributed by atoms with E-state index in [0.29, 0.717) is 10.7 Å². The fourth-order valence-corrected chi connectivity index (χ4v) is 2.84. The highest BCUT2D eigenvalue weighted by molar-refractivity contribution is 6.37. The maximum absolute atomic E-state index is 10.8. The third kappa shape index (κ3) is 4.47. The number of aromatic nitrogens is 2. The van der Waals surface area contributed by atoms with Crippen molar-refractivity contribution in [3.63, 3.8) is 0 Å². The summed E-state index contributed by atoms with van der Waals surface area (Å²) in [5, 5.41) is 17.2. The summed E-state index contributed by atoms with van der Waals surface area (Å²) in [4.78, 5) is 10.8. The maximum Gasteiger partial charge on any atom is 0.307 e. The van der Waals surface area contributed by atoms with Gasteiger partial charge < -0.3 is 9.84 Å². The zero-order chi connectivity index (χ0) is 17.1. The predicted octanol–water partition coefficient (Wildman–Crippen LogP) is 4.98. The molecule has 2 aromatic rings. The number of carboxylic acids is 1. The zero-order valence-corrected chi connectivity index (χ0v) is 14.6. The van der Waals surface area contributed by atoms with Gasteiger partial charge >= 0.3 is 5.97 Å². The van der Waals surface area contributed by atoms with Crippen LogP contribution < -0.4 is 4.74 Å². The lowest BCUT2D eigenvalue weighted by Gasteiger charge is -2.12. The van der Waals surface area contributed by atoms with E-state index in [1.54, 1.807) is 6.07 Å². The largest absolute Gasteiger partial charge is 0.481 e. The molecule has 0 unspecified atom stereocenters. The van der Waals surface area contributed by atoms with Gasteiger partial charge in [-0.15, -0.1) is 10.2 Å². The molecule has 0 bridgehead atoms. The molecule has 1 aromatic heterocycles. The van der Waals surface area contributed by atoms with E-state index in [0.717, 1.165) is 5.56 Å². The molecule has 8 heteroatoms. The first-order chi connectivity index (χ1) is 10.8. The van der Waals surface area contributed by atoms with Crippen LogP contribution in [0.25, 0.3) is 0 Å². The van der Waals surface area contributed by atoms with Gasteiger partial charge in [-0.05, 0) is 29.2 Å². The van der Waals surface area contributed by atoms with Crippen LogP contribution in [0, 0.1) is 0 Å². The molecule has 0 spiro atoms. The molecule has 0 radical (unpaired) electrons. The Hall–Kier alpha value is -1.56. The van der Waals surface area contributed by atoms with Gasteiger partial charge in [0, 0.05) is 6.07 Å². The molecule has 2 rings (SSSR count). The van der Waals surface area contributed by atoms with E-state index in [-0.39, 0.29) is 34.0 Å². The molecule has 1 aromatic carbocycles. The number of hydrogen-bond donors (Lipinski definition) is 1. The number of halogens is 3. The Balaban J connectivity index is 2.33. The lowest BCUT2D eigenvalue weighted by atomic mass is 10.1. The van der Waals surface area contributed by atoms with Gasteiger partial charge in [0.1, 0.15) is 0 Å². The van der Waals surface area contributed by atoms with Gasteiger partial charge in [0.25, 0.3) is 0 Å². The van der Waals surface area contributed by atoms with Crippen molar-refractivity contribution in [2.24, 2.45) is 0 Å². The summed E-state index contributed by atoms with van der Waals surface area (Å²) >= 11 is 18.2. The first-order valence-electron chi connectivity index (χ1n) is 6.68. The SMILES string of the molecule is CC(C)c1cc(Oc2c(Cl)cc(CC(=O)O)cc2Cl)nnc1Cl. The van der Waals surface area contributed by atoms with E-state index in [1.807, 2.05) is 13.8 Å². The fourth-order valence-electron chi connectivity index (χ4n) is 1.92. The van der Waals surface area contributed by atoms with Crippen LogP contribution in [0.1, 0.15) is 30.9 Å². The number of rotatable bonds is 5. The van der Waals surface area contributed by atoms with E-state index in [9.17, 15) is 4.79 Å². The maximum atomic E-state index is 10.8. The predicted molar refractivity (Wildman–Crippen MR) is 89.0 cm³/mol. The Morgan fingerprint density at radius 2 is 1.78 bits per heavy atom. The minimum absolute atomic E-state index is 0.143. The molecule has 0 saturated heterocycles. The van der Waals surface area contributed by atoms with Crippen molar-refractivity contribution in [3.05, 3.63) is 44.5 Å². The van der Waals surface area contributed by atoms with E-state index < -0.39 is 5.97 Å². The average molecular weight is 376 g/mol. The number of carbonyl (C=O) groups is 1. The first kappa shape index (κ1) is 17.8. The summed E-state index contributed by atoms with van der Waals surface area (Å²) < 4.78 is 5.60. The normalized spacial score (nSPS) is 10.9. The molecule has 0 saturated carbocycles. The molecular formula is C15H13Cl3N2O3. The van der Waals surface area contributed by atoms with Gasteiger partial charge in [-0.25, -0.2) is 0 Å². The van der Waals surface area contributed by atoms with Crippen LogP contribution in [0.15, 0.2) is 18.2 Å². The van der Waals surface area contributed by atoms with Crippen molar-refractivity contribution in [2.45, 2.75) is 26.2 Å².